The molecule has 2 heterocycles. The van der Waals surface area contributed by atoms with E-state index in [0.29, 0.717) is 13.2 Å². The van der Waals surface area contributed by atoms with Gasteiger partial charge in [0.1, 0.15) is 29.5 Å². The topological polar surface area (TPSA) is 72.5 Å². The number of ether oxygens (including phenoxy) is 6. The fourth-order valence-corrected chi connectivity index (χ4v) is 4.56. The lowest BCUT2D eigenvalue weighted by Gasteiger charge is -2.18. The Morgan fingerprint density at radius 1 is 0.756 bits per heavy atom. The second-order valence-electron chi connectivity index (χ2n) is 10.1. The molecule has 0 aromatic heterocycles. The van der Waals surface area contributed by atoms with Gasteiger partial charge in [-0.15, -0.1) is 0 Å². The highest BCUT2D eigenvalue weighted by Crippen LogP contribution is 2.32. The number of unbranched alkanes of at least 4 members (excludes halogenated alkanes) is 2. The van der Waals surface area contributed by atoms with Crippen LogP contribution in [0.1, 0.15) is 57.6 Å². The fourth-order valence-electron chi connectivity index (χ4n) is 4.56. The average Bonchev–Trinajstić information content (AvgIpc) is 3.58. The Hall–Kier alpha value is -3.55. The third-order valence-corrected chi connectivity index (χ3v) is 6.95. The molecule has 2 aromatic carbocycles. The minimum absolute atomic E-state index is 0.270. The summed E-state index contributed by atoms with van der Waals surface area (Å²) in [6, 6.07) is 15.6. The number of benzene rings is 2. The molecule has 0 saturated carbocycles. The molecule has 7 nitrogen and oxygen atoms in total. The molecule has 0 radical (unpaired) electrons. The maximum Gasteiger partial charge on any atom is 0.331 e. The molecule has 220 valence electrons. The van der Waals surface area contributed by atoms with Crippen LogP contribution < -0.4 is 9.47 Å². The number of esters is 1. The van der Waals surface area contributed by atoms with Crippen molar-refractivity contribution < 1.29 is 33.2 Å². The highest BCUT2D eigenvalue weighted by Gasteiger charge is 2.50. The second-order valence-corrected chi connectivity index (χ2v) is 10.1. The number of allylic oxidation sites excluding steroid dienone is 2. The average molecular weight is 563 g/mol. The first kappa shape index (κ1) is 30.4. The summed E-state index contributed by atoms with van der Waals surface area (Å²) >= 11 is 0. The molecular weight excluding hydrogens is 520 g/mol. The van der Waals surface area contributed by atoms with Crippen molar-refractivity contribution in [2.45, 2.75) is 70.9 Å². The number of fused-ring (bicyclic) bond motifs is 1. The Morgan fingerprint density at radius 3 is 1.73 bits per heavy atom. The third-order valence-electron chi connectivity index (χ3n) is 6.95. The lowest BCUT2D eigenvalue weighted by atomic mass is 10.1. The first-order chi connectivity index (χ1) is 20.1. The minimum atomic E-state index is -0.484. The van der Waals surface area contributed by atoms with Gasteiger partial charge in [0.15, 0.2) is 12.2 Å². The van der Waals surface area contributed by atoms with E-state index in [1.54, 1.807) is 6.08 Å². The molecule has 0 spiro atoms. The second kappa shape index (κ2) is 16.0. The summed E-state index contributed by atoms with van der Waals surface area (Å²) < 4.78 is 35.2. The summed E-state index contributed by atoms with van der Waals surface area (Å²) in [6.45, 7) is 8.27. The first-order valence-corrected chi connectivity index (χ1v) is 14.7. The van der Waals surface area contributed by atoms with Gasteiger partial charge in [0, 0.05) is 6.08 Å². The zero-order valence-corrected chi connectivity index (χ0v) is 24.3. The molecule has 2 saturated heterocycles. The van der Waals surface area contributed by atoms with Gasteiger partial charge in [-0.05, 0) is 73.4 Å². The van der Waals surface area contributed by atoms with Crippen molar-refractivity contribution in [2.75, 3.05) is 26.4 Å². The first-order valence-electron chi connectivity index (χ1n) is 14.7. The van der Waals surface area contributed by atoms with Gasteiger partial charge >= 0.3 is 5.97 Å². The van der Waals surface area contributed by atoms with E-state index < -0.39 is 12.1 Å². The molecule has 2 aliphatic rings. The van der Waals surface area contributed by atoms with Crippen LogP contribution in [0, 0.1) is 0 Å². The summed E-state index contributed by atoms with van der Waals surface area (Å²) in [6.07, 6.45) is 11.8. The summed E-state index contributed by atoms with van der Waals surface area (Å²) in [4.78, 5) is 12.5. The number of rotatable bonds is 15. The SMILES string of the molecule is C/C=C(/C=C/c1ccc(OCCCC)cc1)OC1CO[C@@H]2C(OC(=O)/C=C/c3ccc(OCCCC)cc3)CO[C@H]12. The molecule has 2 unspecified atom stereocenters. The van der Waals surface area contributed by atoms with Crippen LogP contribution in [0.3, 0.4) is 0 Å². The largest absolute Gasteiger partial charge is 0.494 e. The van der Waals surface area contributed by atoms with Gasteiger partial charge in [0.2, 0.25) is 0 Å². The fraction of sp³-hybridized carbons (Fsp3) is 0.441. The molecule has 4 rings (SSSR count). The molecule has 0 aliphatic carbocycles. The van der Waals surface area contributed by atoms with Crippen LogP contribution in [-0.4, -0.2) is 56.8 Å². The van der Waals surface area contributed by atoms with Gasteiger partial charge in [0.25, 0.3) is 0 Å². The molecule has 2 fully saturated rings. The lowest BCUT2D eigenvalue weighted by molar-refractivity contribution is -0.147. The van der Waals surface area contributed by atoms with E-state index in [-0.39, 0.29) is 24.9 Å². The Labute approximate surface area is 243 Å². The normalized spacial score (nSPS) is 22.3. The van der Waals surface area contributed by atoms with Gasteiger partial charge in [-0.1, -0.05) is 57.0 Å². The van der Waals surface area contributed by atoms with E-state index in [0.717, 1.165) is 60.7 Å². The van der Waals surface area contributed by atoms with Crippen molar-refractivity contribution in [1.29, 1.82) is 0 Å². The van der Waals surface area contributed by atoms with Crippen LogP contribution in [0.25, 0.3) is 12.2 Å². The van der Waals surface area contributed by atoms with Gasteiger partial charge in [-0.3, -0.25) is 0 Å². The molecule has 2 aromatic rings. The molecule has 7 heteroatoms. The van der Waals surface area contributed by atoms with Crippen LogP contribution in [0.5, 0.6) is 11.5 Å². The van der Waals surface area contributed by atoms with E-state index in [1.807, 2.05) is 73.7 Å². The lowest BCUT2D eigenvalue weighted by Crippen LogP contribution is -2.34. The predicted molar refractivity (Wildman–Crippen MR) is 160 cm³/mol. The van der Waals surface area contributed by atoms with Crippen molar-refractivity contribution in [2.24, 2.45) is 0 Å². The van der Waals surface area contributed by atoms with E-state index in [9.17, 15) is 4.79 Å². The summed E-state index contributed by atoms with van der Waals surface area (Å²) in [5, 5.41) is 0. The maximum atomic E-state index is 12.5. The Kier molecular flexibility index (Phi) is 11.9. The Bertz CT molecular complexity index is 1170. The van der Waals surface area contributed by atoms with E-state index in [1.165, 1.54) is 6.08 Å². The van der Waals surface area contributed by atoms with Crippen molar-refractivity contribution in [3.63, 3.8) is 0 Å². The van der Waals surface area contributed by atoms with Gasteiger partial charge in [-0.25, -0.2) is 4.79 Å². The predicted octanol–water partition coefficient (Wildman–Crippen LogP) is 6.77. The van der Waals surface area contributed by atoms with Crippen LogP contribution in [-0.2, 0) is 23.7 Å². The molecule has 4 atom stereocenters. The van der Waals surface area contributed by atoms with Crippen molar-refractivity contribution >= 4 is 18.1 Å². The van der Waals surface area contributed by atoms with Crippen molar-refractivity contribution in [1.82, 2.24) is 0 Å². The molecule has 41 heavy (non-hydrogen) atoms. The van der Waals surface area contributed by atoms with Crippen LogP contribution in [0.4, 0.5) is 0 Å². The minimum Gasteiger partial charge on any atom is -0.494 e. The number of carbonyl (C=O) groups excluding carboxylic acids is 1. The van der Waals surface area contributed by atoms with Gasteiger partial charge in [-0.2, -0.15) is 0 Å². The summed E-state index contributed by atoms with van der Waals surface area (Å²) in [7, 11) is 0. The standard InChI is InChI=1S/C34H42O7/c1-4-7-21-36-28-16-10-25(11-17-28)9-15-27(6-3)40-30-23-38-34-31(24-39-33(30)34)41-32(35)20-14-26-12-18-29(19-13-26)37-22-8-5-2/h6,9-20,30-31,33-34H,4-5,7-8,21-24H2,1-3H3/b15-9+,20-14+,27-6-/t30?,31?,33-,34-/m1/s1. The molecule has 0 N–H and O–H groups in total. The zero-order valence-electron chi connectivity index (χ0n) is 24.3. The monoisotopic (exact) mass is 562 g/mol. The van der Waals surface area contributed by atoms with Crippen LogP contribution in [0.15, 0.2) is 72.5 Å². The quantitative estimate of drug-likeness (QED) is 0.0780. The highest BCUT2D eigenvalue weighted by molar-refractivity contribution is 5.87. The number of hydrogen-bond acceptors (Lipinski definition) is 7. The van der Waals surface area contributed by atoms with Crippen LogP contribution in [0.2, 0.25) is 0 Å². The van der Waals surface area contributed by atoms with E-state index in [2.05, 4.69) is 13.8 Å². The zero-order chi connectivity index (χ0) is 28.9. The van der Waals surface area contributed by atoms with Crippen molar-refractivity contribution in [3.05, 3.63) is 83.6 Å². The molecule has 0 bridgehead atoms. The van der Waals surface area contributed by atoms with Gasteiger partial charge < -0.3 is 28.4 Å². The smallest absolute Gasteiger partial charge is 0.331 e. The number of hydrogen-bond donors (Lipinski definition) is 0. The van der Waals surface area contributed by atoms with E-state index >= 15 is 0 Å². The van der Waals surface area contributed by atoms with Crippen molar-refractivity contribution in [3.8, 4) is 11.5 Å². The molecule has 2 aliphatic heterocycles. The molecule has 0 amide bonds. The summed E-state index contributed by atoms with van der Waals surface area (Å²) in [5.41, 5.74) is 1.93. The third kappa shape index (κ3) is 9.23. The highest BCUT2D eigenvalue weighted by atomic mass is 16.7. The summed E-state index contributed by atoms with van der Waals surface area (Å²) in [5.74, 6) is 1.98. The Morgan fingerprint density at radius 2 is 1.24 bits per heavy atom. The number of carbonyl (C=O) groups is 1. The van der Waals surface area contributed by atoms with Crippen LogP contribution >= 0.6 is 0 Å². The Balaban J connectivity index is 1.23. The van der Waals surface area contributed by atoms with E-state index in [4.69, 9.17) is 28.4 Å². The van der Waals surface area contributed by atoms with Gasteiger partial charge in [0.05, 0.1) is 26.4 Å². The maximum absolute atomic E-state index is 12.5. The molecular formula is C34H42O7.